The third-order valence-corrected chi connectivity index (χ3v) is 23.2. The Balaban J connectivity index is 0.000000143. The third-order valence-electron chi connectivity index (χ3n) is 23.0. The summed E-state index contributed by atoms with van der Waals surface area (Å²) in [7, 11) is 0. The van der Waals surface area contributed by atoms with Gasteiger partial charge in [-0.1, -0.05) is 206 Å². The molecular formula is C100H111ClN16O8. The minimum absolute atomic E-state index is 0.0827. The summed E-state index contributed by atoms with van der Waals surface area (Å²) in [5.41, 5.74) is 19.4. The lowest BCUT2D eigenvalue weighted by atomic mass is 9.97. The van der Waals surface area contributed by atoms with E-state index in [0.29, 0.717) is 108 Å². The zero-order chi connectivity index (χ0) is 88.9. The van der Waals surface area contributed by atoms with Gasteiger partial charge in [-0.25, -0.2) is 39.5 Å². The lowest BCUT2D eigenvalue weighted by molar-refractivity contribution is 0.0517. The predicted octanol–water partition coefficient (Wildman–Crippen LogP) is 15.9. The summed E-state index contributed by atoms with van der Waals surface area (Å²) in [5, 5.41) is 1.41. The molecule has 646 valence electrons. The molecule has 24 nitrogen and oxygen atoms in total. The number of ether oxygens (including phenoxy) is 2. The Morgan fingerprint density at radius 1 is 0.440 bits per heavy atom. The molecule has 8 heterocycles. The normalized spacial score (nSPS) is 13.0. The van der Waals surface area contributed by atoms with Crippen LogP contribution in [-0.2, 0) is 54.7 Å². The number of rotatable bonds is 27. The average Bonchev–Trinajstić information content (AvgIpc) is 0.771. The van der Waals surface area contributed by atoms with Crippen molar-refractivity contribution >= 4 is 81.2 Å². The van der Waals surface area contributed by atoms with Gasteiger partial charge in [0.25, 0.3) is 22.2 Å². The Morgan fingerprint density at radius 2 is 0.936 bits per heavy atom. The van der Waals surface area contributed by atoms with E-state index < -0.39 is 22.5 Å². The van der Waals surface area contributed by atoms with Gasteiger partial charge in [-0.05, 0) is 209 Å². The minimum Gasteiger partial charge on any atom is -0.376 e. The Kier molecular flexibility index (Phi) is 29.3. The van der Waals surface area contributed by atoms with Gasteiger partial charge in [0.2, 0.25) is 0 Å². The zero-order valence-electron chi connectivity index (χ0n) is 73.7. The summed E-state index contributed by atoms with van der Waals surface area (Å²) in [4.78, 5) is 124. The highest BCUT2D eigenvalue weighted by Crippen LogP contribution is 2.40. The monoisotopic (exact) mass is 1700 g/mol. The van der Waals surface area contributed by atoms with E-state index >= 15 is 0 Å². The van der Waals surface area contributed by atoms with E-state index in [4.69, 9.17) is 21.1 Å². The van der Waals surface area contributed by atoms with Crippen LogP contribution in [0.15, 0.2) is 203 Å². The van der Waals surface area contributed by atoms with Crippen LogP contribution in [0.25, 0.3) is 58.3 Å². The van der Waals surface area contributed by atoms with E-state index in [9.17, 15) is 28.8 Å². The van der Waals surface area contributed by atoms with Gasteiger partial charge in [0.15, 0.2) is 45.4 Å². The molecule has 4 N–H and O–H groups in total. The van der Waals surface area contributed by atoms with Crippen LogP contribution >= 0.6 is 11.6 Å². The molecule has 25 heteroatoms. The maximum atomic E-state index is 12.7. The quantitative estimate of drug-likeness (QED) is 0.0348. The summed E-state index contributed by atoms with van der Waals surface area (Å²) in [5.74, 6) is 2.82. The molecular weight excluding hydrogens is 1590 g/mol. The molecule has 6 aliphatic heterocycles. The highest BCUT2D eigenvalue weighted by Gasteiger charge is 2.30. The third kappa shape index (κ3) is 21.7. The highest BCUT2D eigenvalue weighted by molar-refractivity contribution is 6.30. The van der Waals surface area contributed by atoms with E-state index in [1.54, 1.807) is 0 Å². The molecule has 4 atom stereocenters. The molecule has 0 bridgehead atoms. The van der Waals surface area contributed by atoms with Crippen LogP contribution in [-0.4, -0.2) is 97.5 Å². The van der Waals surface area contributed by atoms with Crippen molar-refractivity contribution in [3.05, 3.63) is 320 Å². The summed E-state index contributed by atoms with van der Waals surface area (Å²) < 4.78 is 16.1. The van der Waals surface area contributed by atoms with Crippen molar-refractivity contribution in [3.8, 4) is 23.0 Å². The van der Waals surface area contributed by atoms with Crippen molar-refractivity contribution in [2.45, 2.75) is 197 Å². The van der Waals surface area contributed by atoms with E-state index in [1.165, 1.54) is 55.6 Å². The number of hydrogen-bond donors (Lipinski definition) is 4. The van der Waals surface area contributed by atoms with Gasteiger partial charge in [0.05, 0.1) is 70.1 Å². The fraction of sp³-hybridized carbons (Fsp3) is 0.340. The first-order valence-corrected chi connectivity index (χ1v) is 43.8. The van der Waals surface area contributed by atoms with Gasteiger partial charge in [-0.15, -0.1) is 0 Å². The van der Waals surface area contributed by atoms with Gasteiger partial charge in [-0.3, -0.25) is 29.1 Å². The first-order chi connectivity index (χ1) is 60.2. The number of H-pyrrole nitrogens is 4. The van der Waals surface area contributed by atoms with Crippen molar-refractivity contribution in [2.75, 3.05) is 36.1 Å². The maximum Gasteiger partial charge on any atom is 0.349 e. The van der Waals surface area contributed by atoms with Crippen LogP contribution in [0.2, 0.25) is 5.02 Å². The summed E-state index contributed by atoms with van der Waals surface area (Å²) in [6.07, 6.45) is 8.89. The zero-order valence-corrected chi connectivity index (χ0v) is 74.5. The van der Waals surface area contributed by atoms with Gasteiger partial charge in [-0.2, -0.15) is 9.97 Å². The van der Waals surface area contributed by atoms with E-state index in [1.807, 2.05) is 59.4 Å². The van der Waals surface area contributed by atoms with Gasteiger partial charge >= 0.3 is 11.4 Å². The topological polar surface area (TPSA) is 302 Å². The number of benzene rings is 8. The SMILES string of the molecule is C=c1nc2c(c(=O)[nH]1)=Nc1cc(C(C)C)ccc1N2CC(Cc1ccc(C)cc1)OCC.C=c1nc2c(c(=O)[nH]1)=Nc1cc(CCC)c(C)cc1N2CCC(C)c1ccc(Cl)cc1.CCC(C)c1ccc2c(c1)nc1c(=O)[nH]c(=O)nc-1n2CCCc1ccc(C)cc1.CCCc1ccc2c(c1)nc1c(=O)[nH]c(=O)nc-1n2CC(Cc1ccc(C)cc1)OCC. The smallest absolute Gasteiger partial charge is 0.349 e. The lowest BCUT2D eigenvalue weighted by Gasteiger charge is -2.31. The number of fused-ring (bicyclic) bond motifs is 8. The van der Waals surface area contributed by atoms with Crippen LogP contribution in [0.4, 0.5) is 34.4 Å². The number of nitrogens with zero attached hydrogens (tertiary/aromatic N) is 12. The first-order valence-electron chi connectivity index (χ1n) is 43.4. The predicted molar refractivity (Wildman–Crippen MR) is 501 cm³/mol. The maximum absolute atomic E-state index is 12.7. The van der Waals surface area contributed by atoms with Gasteiger partial charge < -0.3 is 38.4 Å². The Bertz CT molecular complexity index is 6770. The minimum atomic E-state index is -0.675. The molecule has 0 amide bonds. The summed E-state index contributed by atoms with van der Waals surface area (Å²) in [6, 6.07) is 56.2. The number of aromatic amines is 4. The van der Waals surface area contributed by atoms with Crippen molar-refractivity contribution in [1.82, 2.24) is 59.0 Å². The van der Waals surface area contributed by atoms with Crippen LogP contribution < -0.4 is 65.1 Å². The van der Waals surface area contributed by atoms with Crippen LogP contribution in [0, 0.1) is 27.7 Å². The fourth-order valence-corrected chi connectivity index (χ4v) is 16.1. The van der Waals surface area contributed by atoms with Crippen LogP contribution in [0.1, 0.15) is 179 Å². The molecule has 0 spiro atoms. The molecule has 10 aromatic rings. The molecule has 16 rings (SSSR count). The number of nitrogens with one attached hydrogen (secondary N) is 4. The van der Waals surface area contributed by atoms with E-state index in [-0.39, 0.29) is 40.5 Å². The molecule has 8 aromatic carbocycles. The van der Waals surface area contributed by atoms with Crippen molar-refractivity contribution in [1.29, 1.82) is 0 Å². The van der Waals surface area contributed by atoms with Crippen molar-refractivity contribution in [3.63, 3.8) is 0 Å². The molecule has 0 aliphatic carbocycles. The highest BCUT2D eigenvalue weighted by atomic mass is 35.5. The number of anilines is 4. The number of halogens is 1. The second-order valence-corrected chi connectivity index (χ2v) is 33.3. The molecule has 0 saturated carbocycles. The molecule has 0 fully saturated rings. The molecule has 6 aliphatic rings. The lowest BCUT2D eigenvalue weighted by Crippen LogP contribution is -2.44. The molecule has 4 unspecified atom stereocenters. The van der Waals surface area contributed by atoms with Crippen molar-refractivity contribution < 1.29 is 9.47 Å². The molecule has 2 aromatic heterocycles. The van der Waals surface area contributed by atoms with Gasteiger partial charge in [0, 0.05) is 44.2 Å². The summed E-state index contributed by atoms with van der Waals surface area (Å²) >= 11 is 6.04. The Hall–Kier alpha value is -12.8. The molecule has 0 saturated heterocycles. The number of aromatic nitrogens is 12. The standard InChI is InChI=1S/C26H30N4O2.C25H27ClN4O.C25H28N4O3.C24H26N4O2/c1-6-32-21(13-19-9-7-17(4)8-10-19)15-30-23-12-11-20(16(2)3)14-22(23)29-24-25(30)27-18(5)28-26(24)31;1-5-6-19-14-21-22(13-16(19)3)30(24-23(29-21)25(31)28-17(4)27-24)12-11-15(2)18-7-9-20(26)10-8-18;1-4-6-17-11-12-21-20(14-17)26-22-23(27-25(31)28-24(22)30)29(21)15-19(32-5-2)13-18-9-7-16(3)8-10-18;1-4-16(3)18-11-12-20-19(14-18)25-21-22(26-24(30)27-23(21)29)28(20)13-5-6-17-9-7-15(2)8-10-17/h7-12,14,16,21H,5-6,13,15H2,1-4H3,(H,28,31);7-10,13-15H,4-6,11-12H2,1-3H3,(H,28,31);7-12,14,19H,4-6,13,15H2,1-3H3,(H,28,30,31);7-12,14,16H,4-6,13H2,1-3H3,(H,27,29,30). The number of hydrogen-bond acceptors (Lipinski definition) is 18. The molecule has 0 radical (unpaired) electrons. The Morgan fingerprint density at radius 3 is 1.49 bits per heavy atom. The first kappa shape index (κ1) is 90.0. The van der Waals surface area contributed by atoms with Crippen LogP contribution in [0.3, 0.4) is 0 Å². The summed E-state index contributed by atoms with van der Waals surface area (Å²) in [6.45, 7) is 38.6. The second kappa shape index (κ2) is 40.7. The fourth-order valence-electron chi connectivity index (χ4n) is 16.0. The average molecular weight is 1700 g/mol. The largest absolute Gasteiger partial charge is 0.376 e. The Labute approximate surface area is 731 Å². The van der Waals surface area contributed by atoms with Gasteiger partial charge in [0.1, 0.15) is 11.0 Å². The van der Waals surface area contributed by atoms with E-state index in [2.05, 4.69) is 286 Å². The number of aryl methyl sites for hydroxylation is 8. The van der Waals surface area contributed by atoms with Crippen LogP contribution in [0.5, 0.6) is 0 Å². The second-order valence-electron chi connectivity index (χ2n) is 32.8. The van der Waals surface area contributed by atoms with Crippen molar-refractivity contribution in [2.24, 2.45) is 9.98 Å². The molecule has 125 heavy (non-hydrogen) atoms. The van der Waals surface area contributed by atoms with E-state index in [0.717, 1.165) is 113 Å².